The quantitative estimate of drug-likeness (QED) is 0.663. The molecule has 0 saturated carbocycles. The van der Waals surface area contributed by atoms with E-state index in [9.17, 15) is 8.42 Å². The van der Waals surface area contributed by atoms with Crippen molar-refractivity contribution in [1.29, 1.82) is 0 Å². The summed E-state index contributed by atoms with van der Waals surface area (Å²) < 4.78 is 33.3. The van der Waals surface area contributed by atoms with Gasteiger partial charge < -0.3 is 4.52 Å². The first-order chi connectivity index (χ1) is 14.0. The molecule has 0 spiro atoms. The maximum atomic E-state index is 12.5. The lowest BCUT2D eigenvalue weighted by Gasteiger charge is -2.34. The average molecular weight is 414 g/mol. The molecule has 1 aromatic carbocycles. The molecule has 3 heterocycles. The Bertz CT molecular complexity index is 1030. The van der Waals surface area contributed by atoms with Crippen molar-refractivity contribution in [2.24, 2.45) is 0 Å². The van der Waals surface area contributed by atoms with Crippen LogP contribution >= 0.6 is 0 Å². The number of piperidine rings is 1. The molecule has 1 aliphatic heterocycles. The molecule has 9 heteroatoms. The molecular formula is C20H23N5O3S. The van der Waals surface area contributed by atoms with Crippen LogP contribution in [0.15, 0.2) is 64.3 Å². The van der Waals surface area contributed by atoms with E-state index in [4.69, 9.17) is 4.52 Å². The van der Waals surface area contributed by atoms with Gasteiger partial charge in [-0.15, -0.1) is 0 Å². The van der Waals surface area contributed by atoms with E-state index in [2.05, 4.69) is 24.7 Å². The lowest BCUT2D eigenvalue weighted by atomic mass is 10.0. The number of hydrogen-bond donors (Lipinski definition) is 1. The van der Waals surface area contributed by atoms with Gasteiger partial charge in [-0.25, -0.2) is 13.1 Å². The number of benzene rings is 1. The molecule has 1 N–H and O–H groups in total. The summed E-state index contributed by atoms with van der Waals surface area (Å²) in [5.41, 5.74) is 0.809. The van der Waals surface area contributed by atoms with Gasteiger partial charge in [0.25, 0.3) is 0 Å². The molecule has 29 heavy (non-hydrogen) atoms. The number of sulfonamides is 1. The fourth-order valence-corrected chi connectivity index (χ4v) is 4.79. The van der Waals surface area contributed by atoms with Crippen molar-refractivity contribution in [3.8, 4) is 11.4 Å². The molecule has 1 atom stereocenters. The van der Waals surface area contributed by atoms with Crippen molar-refractivity contribution in [3.05, 3.63) is 60.7 Å². The number of pyridine rings is 1. The van der Waals surface area contributed by atoms with Gasteiger partial charge in [0.2, 0.25) is 21.7 Å². The third-order valence-electron chi connectivity index (χ3n) is 5.17. The summed E-state index contributed by atoms with van der Waals surface area (Å²) in [4.78, 5) is 11.1. The number of rotatable bonds is 6. The van der Waals surface area contributed by atoms with Crippen LogP contribution in [-0.4, -0.2) is 47.6 Å². The Morgan fingerprint density at radius 3 is 2.59 bits per heavy atom. The number of likely N-dealkylation sites (tertiary alicyclic amines) is 1. The van der Waals surface area contributed by atoms with Crippen molar-refractivity contribution in [2.75, 3.05) is 13.1 Å². The fourth-order valence-electron chi connectivity index (χ4n) is 3.47. The summed E-state index contributed by atoms with van der Waals surface area (Å²) >= 11 is 0. The third kappa shape index (κ3) is 4.52. The van der Waals surface area contributed by atoms with E-state index >= 15 is 0 Å². The molecule has 0 radical (unpaired) electrons. The Kier molecular flexibility index (Phi) is 5.70. The SMILES string of the molecule is CC(c1nc(-c2cccnc2)no1)N1CCC(NS(=O)(=O)c2ccccc2)CC1. The normalized spacial score (nSPS) is 17.3. The van der Waals surface area contributed by atoms with Gasteiger partial charge in [0.15, 0.2) is 0 Å². The topological polar surface area (TPSA) is 101 Å². The molecule has 1 aliphatic rings. The minimum Gasteiger partial charge on any atom is -0.337 e. The second-order valence-corrected chi connectivity index (χ2v) is 8.83. The lowest BCUT2D eigenvalue weighted by molar-refractivity contribution is 0.134. The minimum atomic E-state index is -3.49. The number of nitrogens with zero attached hydrogens (tertiary/aromatic N) is 4. The maximum absolute atomic E-state index is 12.5. The Hall–Kier alpha value is -2.62. The van der Waals surface area contributed by atoms with Crippen molar-refractivity contribution < 1.29 is 12.9 Å². The molecule has 3 aromatic rings. The number of hydrogen-bond acceptors (Lipinski definition) is 7. The second kappa shape index (κ2) is 8.40. The smallest absolute Gasteiger partial charge is 0.244 e. The zero-order valence-electron chi connectivity index (χ0n) is 16.1. The predicted molar refractivity (Wildman–Crippen MR) is 107 cm³/mol. The van der Waals surface area contributed by atoms with Crippen LogP contribution in [0.1, 0.15) is 31.7 Å². The molecule has 4 rings (SSSR count). The molecule has 152 valence electrons. The van der Waals surface area contributed by atoms with Gasteiger partial charge in [-0.05, 0) is 44.0 Å². The van der Waals surface area contributed by atoms with Crippen molar-refractivity contribution >= 4 is 10.0 Å². The Balaban J connectivity index is 1.35. The molecule has 1 fully saturated rings. The van der Waals surface area contributed by atoms with Crippen LogP contribution in [-0.2, 0) is 10.0 Å². The van der Waals surface area contributed by atoms with Crippen LogP contribution in [0.25, 0.3) is 11.4 Å². The van der Waals surface area contributed by atoms with Crippen LogP contribution in [0, 0.1) is 0 Å². The summed E-state index contributed by atoms with van der Waals surface area (Å²) in [6.45, 7) is 3.51. The summed E-state index contributed by atoms with van der Waals surface area (Å²) in [5.74, 6) is 1.07. The molecule has 2 aromatic heterocycles. The van der Waals surface area contributed by atoms with E-state index in [-0.39, 0.29) is 12.1 Å². The van der Waals surface area contributed by atoms with E-state index in [1.165, 1.54) is 0 Å². The highest BCUT2D eigenvalue weighted by molar-refractivity contribution is 7.89. The van der Waals surface area contributed by atoms with Crippen molar-refractivity contribution in [1.82, 2.24) is 24.7 Å². The van der Waals surface area contributed by atoms with Gasteiger partial charge in [0.05, 0.1) is 10.9 Å². The maximum Gasteiger partial charge on any atom is 0.244 e. The highest BCUT2D eigenvalue weighted by Crippen LogP contribution is 2.25. The molecule has 0 bridgehead atoms. The van der Waals surface area contributed by atoms with E-state index in [1.54, 1.807) is 42.7 Å². The third-order valence-corrected chi connectivity index (χ3v) is 6.71. The summed E-state index contributed by atoms with van der Waals surface area (Å²) in [5, 5.41) is 4.05. The zero-order chi connectivity index (χ0) is 20.3. The van der Waals surface area contributed by atoms with E-state index < -0.39 is 10.0 Å². The van der Waals surface area contributed by atoms with E-state index in [1.807, 2.05) is 19.1 Å². The van der Waals surface area contributed by atoms with Crippen LogP contribution in [0.5, 0.6) is 0 Å². The second-order valence-electron chi connectivity index (χ2n) is 7.12. The first-order valence-corrected chi connectivity index (χ1v) is 11.1. The summed E-state index contributed by atoms with van der Waals surface area (Å²) in [6, 6.07) is 12.1. The highest BCUT2D eigenvalue weighted by Gasteiger charge is 2.29. The van der Waals surface area contributed by atoms with Crippen molar-refractivity contribution in [2.45, 2.75) is 36.7 Å². The van der Waals surface area contributed by atoms with Crippen LogP contribution in [0.2, 0.25) is 0 Å². The predicted octanol–water partition coefficient (Wildman–Crippen LogP) is 2.64. The average Bonchev–Trinajstić information content (AvgIpc) is 3.25. The first-order valence-electron chi connectivity index (χ1n) is 9.58. The standard InChI is InChI=1S/C20H23N5O3S/c1-15(20-22-19(23-28-20)16-6-5-11-21-14-16)25-12-9-17(10-13-25)24-29(26,27)18-7-3-2-4-8-18/h2-8,11,14-15,17,24H,9-10,12-13H2,1H3. The monoisotopic (exact) mass is 413 g/mol. The van der Waals surface area contributed by atoms with Gasteiger partial charge in [-0.1, -0.05) is 23.4 Å². The molecule has 1 unspecified atom stereocenters. The van der Waals surface area contributed by atoms with Gasteiger partial charge in [-0.3, -0.25) is 9.88 Å². The molecular weight excluding hydrogens is 390 g/mol. The first kappa shape index (κ1) is 19.7. The van der Waals surface area contributed by atoms with Gasteiger partial charge >= 0.3 is 0 Å². The molecule has 0 amide bonds. The minimum absolute atomic E-state index is 0.0420. The summed E-state index contributed by atoms with van der Waals surface area (Å²) in [6.07, 6.45) is 4.84. The largest absolute Gasteiger partial charge is 0.337 e. The Labute approximate surface area is 170 Å². The fraction of sp³-hybridized carbons (Fsp3) is 0.350. The van der Waals surface area contributed by atoms with Gasteiger partial charge in [0.1, 0.15) is 0 Å². The molecule has 0 aliphatic carbocycles. The van der Waals surface area contributed by atoms with Crippen molar-refractivity contribution in [3.63, 3.8) is 0 Å². The zero-order valence-corrected chi connectivity index (χ0v) is 16.9. The Morgan fingerprint density at radius 1 is 1.14 bits per heavy atom. The number of aromatic nitrogens is 3. The molecule has 1 saturated heterocycles. The summed E-state index contributed by atoms with van der Waals surface area (Å²) in [7, 11) is -3.49. The lowest BCUT2D eigenvalue weighted by Crippen LogP contribution is -2.45. The van der Waals surface area contributed by atoms with Gasteiger partial charge in [0, 0.05) is 37.1 Å². The Morgan fingerprint density at radius 2 is 1.90 bits per heavy atom. The van der Waals surface area contributed by atoms with Crippen LogP contribution in [0.3, 0.4) is 0 Å². The highest BCUT2D eigenvalue weighted by atomic mass is 32.2. The van der Waals surface area contributed by atoms with Crippen LogP contribution < -0.4 is 4.72 Å². The van der Waals surface area contributed by atoms with E-state index in [0.717, 1.165) is 31.5 Å². The van der Waals surface area contributed by atoms with E-state index in [0.29, 0.717) is 16.6 Å². The van der Waals surface area contributed by atoms with Crippen LogP contribution in [0.4, 0.5) is 0 Å². The van der Waals surface area contributed by atoms with Gasteiger partial charge in [-0.2, -0.15) is 4.98 Å². The number of nitrogens with one attached hydrogen (secondary N) is 1. The molecule has 8 nitrogen and oxygen atoms in total.